The molecule has 1 amide bonds. The Bertz CT molecular complexity index is 1290. The molecule has 7 nitrogen and oxygen atoms in total. The first-order valence-electron chi connectivity index (χ1n) is 9.62. The van der Waals surface area contributed by atoms with Crippen molar-refractivity contribution in [2.75, 3.05) is 25.0 Å². The molecule has 0 N–H and O–H groups in total. The summed E-state index contributed by atoms with van der Waals surface area (Å²) in [5.74, 6) is -0.438. The molecule has 0 aromatic heterocycles. The van der Waals surface area contributed by atoms with E-state index in [4.69, 9.17) is 4.74 Å². The lowest BCUT2D eigenvalue weighted by molar-refractivity contribution is -0.128. The van der Waals surface area contributed by atoms with Gasteiger partial charge in [0.05, 0.1) is 17.7 Å². The van der Waals surface area contributed by atoms with Crippen LogP contribution in [0.3, 0.4) is 0 Å². The van der Waals surface area contributed by atoms with E-state index >= 15 is 0 Å². The van der Waals surface area contributed by atoms with Crippen LogP contribution in [0.15, 0.2) is 59.5 Å². The zero-order chi connectivity index (χ0) is 23.0. The molecule has 4 rings (SSSR count). The number of sulfonamides is 1. The molecule has 0 saturated carbocycles. The summed E-state index contributed by atoms with van der Waals surface area (Å²) in [5.41, 5.74) is 1.07. The third-order valence-electron chi connectivity index (χ3n) is 5.25. The maximum Gasteiger partial charge on any atom is 0.387 e. The molecule has 1 heterocycles. The number of ether oxygens (including phenoxy) is 2. The Balaban J connectivity index is 1.53. The first-order valence-corrected chi connectivity index (χ1v) is 11.1. The van der Waals surface area contributed by atoms with E-state index in [9.17, 15) is 22.0 Å². The Morgan fingerprint density at radius 2 is 1.81 bits per heavy atom. The molecule has 0 atom stereocenters. The van der Waals surface area contributed by atoms with Crippen molar-refractivity contribution < 1.29 is 31.5 Å². The molecule has 0 saturated heterocycles. The molecule has 0 bridgehead atoms. The summed E-state index contributed by atoms with van der Waals surface area (Å²) in [6.45, 7) is -3.24. The number of methoxy groups -OCH3 is 1. The van der Waals surface area contributed by atoms with Crippen molar-refractivity contribution in [3.8, 4) is 11.5 Å². The van der Waals surface area contributed by atoms with Gasteiger partial charge in [0.2, 0.25) is 5.91 Å². The Morgan fingerprint density at radius 3 is 2.50 bits per heavy atom. The molecule has 3 aromatic rings. The Hall–Kier alpha value is -3.40. The van der Waals surface area contributed by atoms with E-state index in [1.165, 1.54) is 43.3 Å². The van der Waals surface area contributed by atoms with Crippen molar-refractivity contribution in [3.05, 3.63) is 60.2 Å². The van der Waals surface area contributed by atoms with Crippen LogP contribution in [0.5, 0.6) is 11.5 Å². The van der Waals surface area contributed by atoms with Gasteiger partial charge in [0, 0.05) is 19.0 Å². The van der Waals surface area contributed by atoms with E-state index in [1.54, 1.807) is 18.2 Å². The number of anilines is 1. The first kappa shape index (κ1) is 21.8. The quantitative estimate of drug-likeness (QED) is 0.536. The largest absolute Gasteiger partial charge is 0.493 e. The van der Waals surface area contributed by atoms with Gasteiger partial charge in [0.15, 0.2) is 11.5 Å². The maximum atomic E-state index is 13.1. The molecule has 0 aliphatic carbocycles. The zero-order valence-corrected chi connectivity index (χ0v) is 18.1. The van der Waals surface area contributed by atoms with Crippen LogP contribution >= 0.6 is 0 Å². The summed E-state index contributed by atoms with van der Waals surface area (Å²) in [6, 6.07) is 14.6. The van der Waals surface area contributed by atoms with Crippen molar-refractivity contribution in [1.82, 2.24) is 4.90 Å². The van der Waals surface area contributed by atoms with Crippen molar-refractivity contribution in [1.29, 1.82) is 0 Å². The average Bonchev–Trinajstić information content (AvgIpc) is 2.97. The smallest absolute Gasteiger partial charge is 0.387 e. The van der Waals surface area contributed by atoms with E-state index in [0.717, 1.165) is 9.69 Å². The van der Waals surface area contributed by atoms with Gasteiger partial charge in [-0.2, -0.15) is 8.78 Å². The fourth-order valence-corrected chi connectivity index (χ4v) is 5.40. The molecule has 10 heteroatoms. The van der Waals surface area contributed by atoms with E-state index < -0.39 is 22.5 Å². The number of alkyl halides is 2. The number of carbonyl (C=O) groups is 1. The topological polar surface area (TPSA) is 76.2 Å². The molecular weight excluding hydrogens is 442 g/mol. The monoisotopic (exact) mass is 462 g/mol. The lowest BCUT2D eigenvalue weighted by atomic mass is 10.1. The van der Waals surface area contributed by atoms with Crippen LogP contribution in [0.1, 0.15) is 5.56 Å². The highest BCUT2D eigenvalue weighted by Gasteiger charge is 2.37. The molecule has 168 valence electrons. The second kappa shape index (κ2) is 8.27. The number of likely N-dealkylation sites (N-methyl/N-ethyl adjacent to an activating group) is 1. The SMILES string of the molecule is COc1cc(CN(C)C(=O)CN2c3cccc4cccc(c34)S2(=O)=O)ccc1OC(F)F. The predicted molar refractivity (Wildman–Crippen MR) is 115 cm³/mol. The number of carbonyl (C=O) groups excluding carboxylic acids is 1. The lowest BCUT2D eigenvalue weighted by Gasteiger charge is -2.23. The second-order valence-electron chi connectivity index (χ2n) is 7.26. The minimum absolute atomic E-state index is 0.105. The van der Waals surface area contributed by atoms with Gasteiger partial charge in [-0.15, -0.1) is 0 Å². The summed E-state index contributed by atoms with van der Waals surface area (Å²) in [4.78, 5) is 14.4. The molecule has 0 radical (unpaired) electrons. The maximum absolute atomic E-state index is 13.1. The molecular formula is C22H20F2N2O5S. The van der Waals surface area contributed by atoms with E-state index in [-0.39, 0.29) is 29.5 Å². The Kier molecular flexibility index (Phi) is 5.64. The third-order valence-corrected chi connectivity index (χ3v) is 7.05. The minimum Gasteiger partial charge on any atom is -0.493 e. The molecule has 1 aliphatic heterocycles. The van der Waals surface area contributed by atoms with Crippen LogP contribution in [0.4, 0.5) is 14.5 Å². The Morgan fingerprint density at radius 1 is 1.09 bits per heavy atom. The van der Waals surface area contributed by atoms with Crippen LogP contribution in [-0.4, -0.2) is 46.5 Å². The van der Waals surface area contributed by atoms with Crippen molar-refractivity contribution >= 4 is 32.4 Å². The lowest BCUT2D eigenvalue weighted by Crippen LogP contribution is -2.39. The normalized spacial score (nSPS) is 14.1. The van der Waals surface area contributed by atoms with Crippen molar-refractivity contribution in [3.63, 3.8) is 0 Å². The second-order valence-corrected chi connectivity index (χ2v) is 9.09. The summed E-state index contributed by atoms with van der Waals surface area (Å²) in [6.07, 6.45) is 0. The number of rotatable bonds is 7. The third kappa shape index (κ3) is 3.81. The molecule has 0 unspecified atom stereocenters. The highest BCUT2D eigenvalue weighted by Crippen LogP contribution is 2.41. The summed E-state index contributed by atoms with van der Waals surface area (Å²) in [5, 5.41) is 1.38. The number of hydrogen-bond acceptors (Lipinski definition) is 5. The van der Waals surface area contributed by atoms with Crippen LogP contribution in [0, 0.1) is 0 Å². The van der Waals surface area contributed by atoms with Gasteiger partial charge in [-0.1, -0.05) is 30.3 Å². The summed E-state index contributed by atoms with van der Waals surface area (Å²) >= 11 is 0. The van der Waals surface area contributed by atoms with Crippen molar-refractivity contribution in [2.24, 2.45) is 0 Å². The van der Waals surface area contributed by atoms with E-state index in [2.05, 4.69) is 4.74 Å². The minimum atomic E-state index is -3.85. The van der Waals surface area contributed by atoms with Crippen LogP contribution in [0.25, 0.3) is 10.8 Å². The molecule has 32 heavy (non-hydrogen) atoms. The molecule has 0 spiro atoms. The predicted octanol–water partition coefficient (Wildman–Crippen LogP) is 3.62. The number of amides is 1. The van der Waals surface area contributed by atoms with Crippen LogP contribution in [-0.2, 0) is 21.4 Å². The fraction of sp³-hybridized carbons (Fsp3) is 0.227. The van der Waals surface area contributed by atoms with Gasteiger partial charge < -0.3 is 14.4 Å². The summed E-state index contributed by atoms with van der Waals surface area (Å²) < 4.78 is 61.7. The molecule has 0 fully saturated rings. The Labute approximate surface area is 183 Å². The van der Waals surface area contributed by atoms with Gasteiger partial charge >= 0.3 is 6.61 Å². The number of halogens is 2. The van der Waals surface area contributed by atoms with E-state index in [0.29, 0.717) is 16.6 Å². The molecule has 3 aromatic carbocycles. The summed E-state index contributed by atoms with van der Waals surface area (Å²) in [7, 11) is -0.991. The van der Waals surface area contributed by atoms with Gasteiger partial charge in [0.25, 0.3) is 10.0 Å². The van der Waals surface area contributed by atoms with Gasteiger partial charge in [0.1, 0.15) is 6.54 Å². The average molecular weight is 462 g/mol. The highest BCUT2D eigenvalue weighted by atomic mass is 32.2. The zero-order valence-electron chi connectivity index (χ0n) is 17.3. The number of nitrogens with zero attached hydrogens (tertiary/aromatic N) is 2. The fourth-order valence-electron chi connectivity index (χ4n) is 3.74. The first-order chi connectivity index (χ1) is 15.2. The number of hydrogen-bond donors (Lipinski definition) is 0. The number of benzene rings is 3. The van der Waals surface area contributed by atoms with Crippen LogP contribution in [0.2, 0.25) is 0 Å². The van der Waals surface area contributed by atoms with Gasteiger partial charge in [-0.05, 0) is 35.2 Å². The van der Waals surface area contributed by atoms with E-state index in [1.807, 2.05) is 12.1 Å². The van der Waals surface area contributed by atoms with Crippen molar-refractivity contribution in [2.45, 2.75) is 18.1 Å². The van der Waals surface area contributed by atoms with Gasteiger partial charge in [-0.25, -0.2) is 8.42 Å². The van der Waals surface area contributed by atoms with Gasteiger partial charge in [-0.3, -0.25) is 9.10 Å². The standard InChI is InChI=1S/C22H20F2N2O5S/c1-25(12-14-9-10-17(31-22(23)24)18(11-14)30-2)20(27)13-26-16-7-3-5-15-6-4-8-19(21(15)16)32(26,28)29/h3-11,22H,12-13H2,1-2H3. The van der Waals surface area contributed by atoms with Crippen LogP contribution < -0.4 is 13.8 Å². The molecule has 1 aliphatic rings. The highest BCUT2D eigenvalue weighted by molar-refractivity contribution is 7.93.